The lowest BCUT2D eigenvalue weighted by Crippen LogP contribution is -2.13. The molecule has 0 spiro atoms. The molecule has 0 amide bonds. The molecule has 10 atom stereocenters. The summed E-state index contributed by atoms with van der Waals surface area (Å²) in [6.45, 7) is 5.31. The Morgan fingerprint density at radius 2 is 0.527 bits per heavy atom. The highest BCUT2D eigenvalue weighted by atomic mass is 16.6. The highest BCUT2D eigenvalue weighted by Crippen LogP contribution is 2.43. The summed E-state index contributed by atoms with van der Waals surface area (Å²) in [6, 6.07) is 57.0. The monoisotopic (exact) mass is 990 g/mol. The van der Waals surface area contributed by atoms with Crippen LogP contribution >= 0.6 is 0 Å². The lowest BCUT2D eigenvalue weighted by atomic mass is 9.75. The van der Waals surface area contributed by atoms with Crippen LogP contribution in [0.1, 0.15) is 136 Å². The fraction of sp³-hybridized carbons (Fsp3) is 0.463. The largest absolute Gasteiger partial charge is 0.373 e. The lowest BCUT2D eigenvalue weighted by molar-refractivity contribution is 0.405. The number of benzene rings is 6. The molecule has 3 radical (unpaired) electrons. The average Bonchev–Trinajstić information content (AvgIpc) is 4.19. The zero-order valence-electron chi connectivity index (χ0n) is 42.8. The molecule has 12 rings (SSSR count). The van der Waals surface area contributed by atoms with Crippen LogP contribution in [-0.4, -0.2) is 84.7 Å². The van der Waals surface area contributed by atoms with Crippen molar-refractivity contribution in [3.63, 3.8) is 0 Å². The highest BCUT2D eigenvalue weighted by molar-refractivity contribution is 5.75. The molecule has 385 valence electrons. The van der Waals surface area contributed by atoms with Crippen LogP contribution in [-0.2, 0) is 79.8 Å². The summed E-state index contributed by atoms with van der Waals surface area (Å²) >= 11 is 0. The molecule has 6 nitrogen and oxygen atoms in total. The molecule has 0 aliphatic carbocycles. The van der Waals surface area contributed by atoms with Crippen molar-refractivity contribution in [3.8, 4) is 0 Å². The second kappa shape index (κ2) is 24.9. The predicted molar refractivity (Wildman–Crippen MR) is 298 cm³/mol. The van der Waals surface area contributed by atoms with Crippen molar-refractivity contribution < 1.29 is 28.4 Å². The summed E-state index contributed by atoms with van der Waals surface area (Å²) in [5, 5.41) is 0. The Kier molecular flexibility index (Phi) is 17.7. The number of ether oxygens (including phenoxy) is 6. The van der Waals surface area contributed by atoms with Gasteiger partial charge in [0.25, 0.3) is 0 Å². The normalized spacial score (nSPS) is 23.4. The van der Waals surface area contributed by atoms with Gasteiger partial charge in [0.05, 0.1) is 76.3 Å². The minimum absolute atomic E-state index is 0. The number of epoxide rings is 6. The fourth-order valence-corrected chi connectivity index (χ4v) is 11.8. The zero-order valence-corrected chi connectivity index (χ0v) is 42.8. The van der Waals surface area contributed by atoms with Gasteiger partial charge in [-0.3, -0.25) is 0 Å². The Hall–Kier alpha value is -4.86. The second-order valence-electron chi connectivity index (χ2n) is 22.4. The first kappa shape index (κ1) is 52.6. The topological polar surface area (TPSA) is 75.2 Å². The van der Waals surface area contributed by atoms with E-state index in [-0.39, 0.29) is 15.8 Å². The van der Waals surface area contributed by atoms with Crippen molar-refractivity contribution in [2.45, 2.75) is 158 Å². The standard InChI is InChI=1S/C66H74O6.CH4.B/c1-3-7-55(37-65-43-71-65)49(5-1)25-27-57(51-17-9-45(10-18-51)31-61-39-67-61)35-59(53-21-13-47(14-22-53)33-63-41-69-63)29-30-60(54-23-15-48(16-24-54)34-64-42-70-64)36-58(52-19-11-46(12-20-52)32-62-40-68-62)28-26-50-6-2-4-8-56(50)38-66-44-72-66;;/h1-24,57-66H,25-44H2;1H4;. The molecule has 6 saturated heterocycles. The van der Waals surface area contributed by atoms with Crippen LogP contribution in [0.4, 0.5) is 0 Å². The number of rotatable bonds is 29. The van der Waals surface area contributed by atoms with E-state index in [0.29, 0.717) is 60.3 Å². The smallest absolute Gasteiger partial charge is 0.0850 e. The summed E-state index contributed by atoms with van der Waals surface area (Å²) in [5.41, 5.74) is 17.2. The molecule has 6 aromatic carbocycles. The molecular weight excluding hydrogens is 912 g/mol. The van der Waals surface area contributed by atoms with Crippen LogP contribution in [0, 0.1) is 0 Å². The van der Waals surface area contributed by atoms with E-state index in [1.54, 1.807) is 0 Å². The third-order valence-electron chi connectivity index (χ3n) is 16.7. The van der Waals surface area contributed by atoms with Crippen molar-refractivity contribution >= 4 is 8.41 Å². The number of aryl methyl sites for hydroxylation is 2. The van der Waals surface area contributed by atoms with E-state index in [9.17, 15) is 0 Å². The van der Waals surface area contributed by atoms with Crippen LogP contribution in [0.5, 0.6) is 0 Å². The van der Waals surface area contributed by atoms with Gasteiger partial charge in [0.15, 0.2) is 0 Å². The fourth-order valence-electron chi connectivity index (χ4n) is 11.8. The van der Waals surface area contributed by atoms with Gasteiger partial charge in [0.2, 0.25) is 0 Å². The van der Waals surface area contributed by atoms with Crippen molar-refractivity contribution in [2.24, 2.45) is 0 Å². The Balaban J connectivity index is 0.00000313. The molecule has 0 bridgehead atoms. The van der Waals surface area contributed by atoms with E-state index in [1.807, 2.05) is 0 Å². The van der Waals surface area contributed by atoms with Crippen LogP contribution in [0.3, 0.4) is 0 Å². The van der Waals surface area contributed by atoms with Gasteiger partial charge in [-0.2, -0.15) is 0 Å². The van der Waals surface area contributed by atoms with Gasteiger partial charge in [0.1, 0.15) is 0 Å². The van der Waals surface area contributed by atoms with Gasteiger partial charge in [-0.05, 0) is 142 Å². The molecule has 7 heteroatoms. The van der Waals surface area contributed by atoms with Gasteiger partial charge in [-0.15, -0.1) is 0 Å². The molecule has 0 aromatic heterocycles. The first-order chi connectivity index (χ1) is 35.5. The van der Waals surface area contributed by atoms with Gasteiger partial charge in [-0.1, -0.05) is 153 Å². The van der Waals surface area contributed by atoms with Gasteiger partial charge < -0.3 is 28.4 Å². The maximum Gasteiger partial charge on any atom is 0.0850 e. The first-order valence-corrected chi connectivity index (χ1v) is 27.7. The summed E-state index contributed by atoms with van der Waals surface area (Å²) in [6.07, 6.45) is 17.1. The molecule has 6 aliphatic rings. The SMILES string of the molecule is C.[B].c1ccc(CC2CO2)c(CCC(CC(CCC(CC(CCc2ccccc2CC2CO2)c2ccc(CC3CO3)cc2)c2ccc(CC3CO3)cc2)c2ccc(CC3CO3)cc2)c2ccc(CC3CO3)cc2)c1. The van der Waals surface area contributed by atoms with Crippen molar-refractivity contribution in [1.82, 2.24) is 0 Å². The Bertz CT molecular complexity index is 2470. The molecule has 0 saturated carbocycles. The van der Waals surface area contributed by atoms with E-state index in [2.05, 4.69) is 146 Å². The van der Waals surface area contributed by atoms with E-state index in [4.69, 9.17) is 28.4 Å². The van der Waals surface area contributed by atoms with E-state index in [1.165, 1.54) is 66.8 Å². The molecule has 6 aromatic rings. The van der Waals surface area contributed by atoms with Crippen molar-refractivity contribution in [2.75, 3.05) is 39.6 Å². The predicted octanol–water partition coefficient (Wildman–Crippen LogP) is 12.9. The maximum atomic E-state index is 5.73. The van der Waals surface area contributed by atoms with Gasteiger partial charge in [0, 0.05) is 46.9 Å². The Morgan fingerprint density at radius 1 is 0.297 bits per heavy atom. The molecular formula is C67H78BO6. The van der Waals surface area contributed by atoms with Gasteiger partial charge in [-0.25, -0.2) is 0 Å². The summed E-state index contributed by atoms with van der Waals surface area (Å²) in [5.74, 6) is 1.59. The summed E-state index contributed by atoms with van der Waals surface area (Å²) in [7, 11) is 0. The molecule has 6 aliphatic heterocycles. The van der Waals surface area contributed by atoms with Crippen molar-refractivity contribution in [1.29, 1.82) is 0 Å². The number of hydrogen-bond acceptors (Lipinski definition) is 6. The molecule has 6 fully saturated rings. The first-order valence-electron chi connectivity index (χ1n) is 27.7. The van der Waals surface area contributed by atoms with Gasteiger partial charge >= 0.3 is 0 Å². The molecule has 6 heterocycles. The average molecular weight is 990 g/mol. The van der Waals surface area contributed by atoms with Crippen LogP contribution < -0.4 is 0 Å². The second-order valence-corrected chi connectivity index (χ2v) is 22.4. The summed E-state index contributed by atoms with van der Waals surface area (Å²) < 4.78 is 34.1. The Labute approximate surface area is 444 Å². The molecule has 10 unspecified atom stereocenters. The number of hydrogen-bond donors (Lipinski definition) is 0. The maximum absolute atomic E-state index is 5.73. The zero-order chi connectivity index (χ0) is 48.1. The highest BCUT2D eigenvalue weighted by Gasteiger charge is 2.30. The van der Waals surface area contributed by atoms with Crippen LogP contribution in [0.25, 0.3) is 0 Å². The van der Waals surface area contributed by atoms with Crippen LogP contribution in [0.15, 0.2) is 146 Å². The van der Waals surface area contributed by atoms with Crippen LogP contribution in [0.2, 0.25) is 0 Å². The minimum Gasteiger partial charge on any atom is -0.373 e. The third kappa shape index (κ3) is 15.4. The minimum atomic E-state index is 0. The van der Waals surface area contributed by atoms with E-state index in [0.717, 1.165) is 130 Å². The molecule has 74 heavy (non-hydrogen) atoms. The summed E-state index contributed by atoms with van der Waals surface area (Å²) in [4.78, 5) is 0. The third-order valence-corrected chi connectivity index (χ3v) is 16.7. The molecule has 0 N–H and O–H groups in total. The lowest BCUT2D eigenvalue weighted by Gasteiger charge is -2.29. The van der Waals surface area contributed by atoms with E-state index < -0.39 is 0 Å². The van der Waals surface area contributed by atoms with E-state index >= 15 is 0 Å². The quantitative estimate of drug-likeness (QED) is 0.0344. The van der Waals surface area contributed by atoms with Crippen molar-refractivity contribution in [3.05, 3.63) is 212 Å². The Morgan fingerprint density at radius 3 is 0.784 bits per heavy atom.